The Morgan fingerprint density at radius 1 is 0.968 bits per heavy atom. The van der Waals surface area contributed by atoms with E-state index >= 15 is 0 Å². The molecular weight excluding hydrogens is 408 g/mol. The van der Waals surface area contributed by atoms with Gasteiger partial charge in [0.25, 0.3) is 0 Å². The van der Waals surface area contributed by atoms with Crippen molar-refractivity contribution in [3.8, 4) is 16.9 Å². The molecule has 0 aliphatic carbocycles. The molecule has 6 heteroatoms. The first-order valence-corrected chi connectivity index (χ1v) is 10.6. The zero-order valence-electron chi connectivity index (χ0n) is 16.8. The third kappa shape index (κ3) is 3.80. The molecule has 0 aliphatic rings. The van der Waals surface area contributed by atoms with Crippen molar-refractivity contribution in [1.29, 1.82) is 0 Å². The number of pyridine rings is 2. The summed E-state index contributed by atoms with van der Waals surface area (Å²) in [6.45, 7) is 0.583. The van der Waals surface area contributed by atoms with Crippen molar-refractivity contribution in [2.45, 2.75) is 12.8 Å². The first-order chi connectivity index (χ1) is 15.2. The van der Waals surface area contributed by atoms with Crippen molar-refractivity contribution >= 4 is 39.1 Å². The Morgan fingerprint density at radius 2 is 1.84 bits per heavy atom. The number of nitrogens with one attached hydrogen (secondary N) is 1. The van der Waals surface area contributed by atoms with E-state index in [1.165, 1.54) is 10.9 Å². The average Bonchev–Trinajstić information content (AvgIpc) is 3.20. The van der Waals surface area contributed by atoms with Gasteiger partial charge in [-0.3, -0.25) is 0 Å². The average molecular weight is 429 g/mol. The van der Waals surface area contributed by atoms with E-state index in [1.807, 2.05) is 36.4 Å². The number of halogens is 1. The lowest BCUT2D eigenvalue weighted by atomic mass is 10.0. The van der Waals surface area contributed by atoms with Gasteiger partial charge >= 0.3 is 0 Å². The lowest BCUT2D eigenvalue weighted by Gasteiger charge is -2.14. The topological polar surface area (TPSA) is 76.8 Å². The molecule has 154 valence electrons. The number of H-pyrrole nitrogens is 1. The van der Waals surface area contributed by atoms with E-state index in [-0.39, 0.29) is 0 Å². The number of hydrogen-bond donors (Lipinski definition) is 2. The molecule has 0 bridgehead atoms. The fourth-order valence-corrected chi connectivity index (χ4v) is 4.18. The number of benzene rings is 2. The number of anilines is 1. The SMILES string of the molecule is Nc1nccc(OCCCc2c[nH]c3ccccc23)c1-c1ccc2c(Cl)nccc2c1. The van der Waals surface area contributed by atoms with Gasteiger partial charge in [0.1, 0.15) is 16.7 Å². The number of rotatable bonds is 6. The molecule has 0 unspecified atom stereocenters. The maximum Gasteiger partial charge on any atom is 0.136 e. The highest BCUT2D eigenvalue weighted by molar-refractivity contribution is 6.34. The lowest BCUT2D eigenvalue weighted by Crippen LogP contribution is -2.03. The number of ether oxygens (including phenoxy) is 1. The van der Waals surface area contributed by atoms with Crippen LogP contribution in [0.25, 0.3) is 32.8 Å². The van der Waals surface area contributed by atoms with Crippen molar-refractivity contribution in [2.24, 2.45) is 0 Å². The number of nitrogen functional groups attached to an aromatic ring is 1. The molecule has 0 fully saturated rings. The van der Waals surface area contributed by atoms with Crippen molar-refractivity contribution < 1.29 is 4.74 Å². The summed E-state index contributed by atoms with van der Waals surface area (Å²) in [4.78, 5) is 11.7. The van der Waals surface area contributed by atoms with Crippen molar-refractivity contribution in [2.75, 3.05) is 12.3 Å². The molecule has 3 heterocycles. The minimum absolute atomic E-state index is 0.439. The first-order valence-electron chi connectivity index (χ1n) is 10.2. The van der Waals surface area contributed by atoms with Crippen LogP contribution in [0.15, 0.2) is 73.2 Å². The minimum Gasteiger partial charge on any atom is -0.493 e. The van der Waals surface area contributed by atoms with Crippen molar-refractivity contribution in [1.82, 2.24) is 15.0 Å². The Labute approximate surface area is 184 Å². The molecule has 3 aromatic heterocycles. The third-order valence-electron chi connectivity index (χ3n) is 5.47. The second-order valence-electron chi connectivity index (χ2n) is 7.42. The Hall–Kier alpha value is -3.57. The standard InChI is InChI=1S/C25H21ClN4O/c26-24-20-8-7-17(14-16(20)9-11-28-24)23-22(10-12-29-25(23)27)31-13-3-4-18-15-30-21-6-2-1-5-19(18)21/h1-2,5-12,14-15,30H,3-4,13H2,(H2,27,29). The predicted octanol–water partition coefficient (Wildman–Crippen LogP) is 6.03. The van der Waals surface area contributed by atoms with Gasteiger partial charge in [0.15, 0.2) is 0 Å². The summed E-state index contributed by atoms with van der Waals surface area (Å²) in [7, 11) is 0. The molecule has 5 aromatic rings. The number of nitrogens with zero attached hydrogens (tertiary/aromatic N) is 2. The molecule has 0 amide bonds. The summed E-state index contributed by atoms with van der Waals surface area (Å²) in [5.41, 5.74) is 10.4. The normalized spacial score (nSPS) is 11.3. The van der Waals surface area contributed by atoms with Gasteiger partial charge in [0.2, 0.25) is 0 Å². The minimum atomic E-state index is 0.439. The fraction of sp³-hybridized carbons (Fsp3) is 0.120. The van der Waals surface area contributed by atoms with Crippen LogP contribution in [-0.4, -0.2) is 21.6 Å². The van der Waals surface area contributed by atoms with Crippen LogP contribution >= 0.6 is 11.6 Å². The number of nitrogens with two attached hydrogens (primary N) is 1. The molecule has 5 rings (SSSR count). The Kier molecular flexibility index (Phi) is 5.18. The van der Waals surface area contributed by atoms with Gasteiger partial charge in [0.05, 0.1) is 12.2 Å². The van der Waals surface area contributed by atoms with Gasteiger partial charge in [0, 0.05) is 34.9 Å². The van der Waals surface area contributed by atoms with E-state index in [9.17, 15) is 0 Å². The molecule has 0 saturated heterocycles. The summed E-state index contributed by atoms with van der Waals surface area (Å²) in [6.07, 6.45) is 7.28. The maximum atomic E-state index is 6.24. The van der Waals surface area contributed by atoms with E-state index in [0.717, 1.165) is 46.0 Å². The number of fused-ring (bicyclic) bond motifs is 2. The molecule has 0 aliphatic heterocycles. The summed E-state index contributed by atoms with van der Waals surface area (Å²) < 4.78 is 6.15. The van der Waals surface area contributed by atoms with Crippen LogP contribution in [0, 0.1) is 0 Å². The van der Waals surface area contributed by atoms with Gasteiger partial charge in [-0.1, -0.05) is 41.9 Å². The number of aryl methyl sites for hydroxylation is 1. The summed E-state index contributed by atoms with van der Waals surface area (Å²) in [5.74, 6) is 1.17. The van der Waals surface area contributed by atoms with Crippen molar-refractivity contribution in [3.63, 3.8) is 0 Å². The van der Waals surface area contributed by atoms with Crippen LogP contribution in [0.3, 0.4) is 0 Å². The number of hydrogen-bond acceptors (Lipinski definition) is 4. The van der Waals surface area contributed by atoms with Gasteiger partial charge in [-0.15, -0.1) is 0 Å². The van der Waals surface area contributed by atoms with Crippen LogP contribution in [0.5, 0.6) is 5.75 Å². The predicted molar refractivity (Wildman–Crippen MR) is 127 cm³/mol. The van der Waals surface area contributed by atoms with E-state index in [0.29, 0.717) is 17.6 Å². The van der Waals surface area contributed by atoms with E-state index in [2.05, 4.69) is 39.3 Å². The molecule has 0 spiro atoms. The van der Waals surface area contributed by atoms with E-state index < -0.39 is 0 Å². The second-order valence-corrected chi connectivity index (χ2v) is 7.78. The Morgan fingerprint density at radius 3 is 2.77 bits per heavy atom. The summed E-state index contributed by atoms with van der Waals surface area (Å²) >= 11 is 6.21. The number of para-hydroxylation sites is 1. The first kappa shape index (κ1) is 19.4. The van der Waals surface area contributed by atoms with Gasteiger partial charge < -0.3 is 15.5 Å². The molecule has 31 heavy (non-hydrogen) atoms. The van der Waals surface area contributed by atoms with Gasteiger partial charge in [-0.25, -0.2) is 9.97 Å². The zero-order chi connectivity index (χ0) is 21.2. The lowest BCUT2D eigenvalue weighted by molar-refractivity contribution is 0.312. The molecule has 5 nitrogen and oxygen atoms in total. The van der Waals surface area contributed by atoms with E-state index in [1.54, 1.807) is 12.4 Å². The maximum absolute atomic E-state index is 6.24. The highest BCUT2D eigenvalue weighted by Crippen LogP contribution is 2.36. The molecular formula is C25H21ClN4O. The molecule has 3 N–H and O–H groups in total. The Balaban J connectivity index is 1.35. The largest absolute Gasteiger partial charge is 0.493 e. The molecule has 0 saturated carbocycles. The smallest absolute Gasteiger partial charge is 0.136 e. The van der Waals surface area contributed by atoms with Crippen molar-refractivity contribution in [3.05, 3.63) is 83.9 Å². The van der Waals surface area contributed by atoms with Crippen LogP contribution < -0.4 is 10.5 Å². The highest BCUT2D eigenvalue weighted by Gasteiger charge is 2.13. The quantitative estimate of drug-likeness (QED) is 0.256. The molecule has 0 radical (unpaired) electrons. The molecule has 0 atom stereocenters. The van der Waals surface area contributed by atoms with Gasteiger partial charge in [-0.05, 0) is 53.6 Å². The monoisotopic (exact) mass is 428 g/mol. The van der Waals surface area contributed by atoms with Crippen LogP contribution in [0.1, 0.15) is 12.0 Å². The third-order valence-corrected chi connectivity index (χ3v) is 5.77. The van der Waals surface area contributed by atoms with Gasteiger partial charge in [-0.2, -0.15) is 0 Å². The van der Waals surface area contributed by atoms with Crippen LogP contribution in [0.4, 0.5) is 5.82 Å². The summed E-state index contributed by atoms with van der Waals surface area (Å²) in [6, 6.07) is 18.1. The summed E-state index contributed by atoms with van der Waals surface area (Å²) in [5, 5.41) is 3.64. The highest BCUT2D eigenvalue weighted by atomic mass is 35.5. The van der Waals surface area contributed by atoms with E-state index in [4.69, 9.17) is 22.1 Å². The fourth-order valence-electron chi connectivity index (χ4n) is 3.95. The van der Waals surface area contributed by atoms with Crippen LogP contribution in [0.2, 0.25) is 5.15 Å². The number of aromatic nitrogens is 3. The van der Waals surface area contributed by atoms with Crippen LogP contribution in [-0.2, 0) is 6.42 Å². The second kappa shape index (κ2) is 8.28. The zero-order valence-corrected chi connectivity index (χ0v) is 17.6. The number of aromatic amines is 1. The Bertz CT molecular complexity index is 1380. The molecule has 2 aromatic carbocycles.